The van der Waals surface area contributed by atoms with E-state index in [1.165, 1.54) is 25.7 Å². The van der Waals surface area contributed by atoms with Crippen molar-refractivity contribution in [3.8, 4) is 0 Å². The predicted octanol–water partition coefficient (Wildman–Crippen LogP) is 3.76. The van der Waals surface area contributed by atoms with Gasteiger partial charge in [0.05, 0.1) is 0 Å². The van der Waals surface area contributed by atoms with Gasteiger partial charge in [0.2, 0.25) is 0 Å². The highest BCUT2D eigenvalue weighted by Crippen LogP contribution is 2.18. The van der Waals surface area contributed by atoms with E-state index < -0.39 is 0 Å². The van der Waals surface area contributed by atoms with Crippen molar-refractivity contribution in [2.45, 2.75) is 39.5 Å². The zero-order valence-corrected chi connectivity index (χ0v) is 7.95. The fourth-order valence-electron chi connectivity index (χ4n) is 0.823. The number of rotatable bonds is 5. The third kappa shape index (κ3) is 4.95. The number of hydrogen-bond donors (Lipinski definition) is 0. The van der Waals surface area contributed by atoms with Gasteiger partial charge < -0.3 is 0 Å². The van der Waals surface area contributed by atoms with Gasteiger partial charge in [-0.3, -0.25) is 0 Å². The second kappa shape index (κ2) is 6.60. The van der Waals surface area contributed by atoms with E-state index in [1.807, 2.05) is 0 Å². The molecule has 1 unspecified atom stereocenters. The minimum Gasteiger partial charge on any atom is -0.0875 e. The fraction of sp³-hybridized carbons (Fsp3) is 0.875. The van der Waals surface area contributed by atoms with E-state index >= 15 is 0 Å². The first-order chi connectivity index (χ1) is 4.35. The van der Waals surface area contributed by atoms with Crippen molar-refractivity contribution in [1.82, 2.24) is 0 Å². The van der Waals surface area contributed by atoms with Crippen molar-refractivity contribution in [2.24, 2.45) is 5.92 Å². The van der Waals surface area contributed by atoms with Crippen molar-refractivity contribution in [2.75, 3.05) is 0 Å². The Morgan fingerprint density at radius 2 is 2.11 bits per heavy atom. The molecule has 0 aromatic heterocycles. The molecule has 55 valence electrons. The van der Waals surface area contributed by atoms with Crippen LogP contribution >= 0.6 is 15.9 Å². The first-order valence-electron chi connectivity index (χ1n) is 3.78. The van der Waals surface area contributed by atoms with Gasteiger partial charge in [-0.25, -0.2) is 0 Å². The zero-order chi connectivity index (χ0) is 7.11. The molecule has 0 aliphatic carbocycles. The standard InChI is InChI=1S/C8H16Br/c1-3-5-6-8(4-2)7-9/h7-8H,3-6H2,1-2H3. The summed E-state index contributed by atoms with van der Waals surface area (Å²) in [6.45, 7) is 4.47. The molecular weight excluding hydrogens is 176 g/mol. The maximum absolute atomic E-state index is 3.38. The Hall–Kier alpha value is 0.480. The monoisotopic (exact) mass is 191 g/mol. The Balaban J connectivity index is 3.09. The highest BCUT2D eigenvalue weighted by atomic mass is 79.9. The van der Waals surface area contributed by atoms with Crippen LogP contribution in [0.5, 0.6) is 0 Å². The van der Waals surface area contributed by atoms with Crippen LogP contribution in [0.15, 0.2) is 0 Å². The molecular formula is C8H16Br. The van der Waals surface area contributed by atoms with E-state index in [9.17, 15) is 0 Å². The van der Waals surface area contributed by atoms with Crippen molar-refractivity contribution in [3.05, 3.63) is 5.33 Å². The van der Waals surface area contributed by atoms with Gasteiger partial charge in [-0.1, -0.05) is 49.0 Å². The minimum atomic E-state index is 0.796. The molecule has 1 atom stereocenters. The molecule has 9 heavy (non-hydrogen) atoms. The van der Waals surface area contributed by atoms with Gasteiger partial charge in [0.25, 0.3) is 0 Å². The van der Waals surface area contributed by atoms with Crippen LogP contribution in [0.2, 0.25) is 0 Å². The molecule has 0 rings (SSSR count). The molecule has 0 nitrogen and oxygen atoms in total. The summed E-state index contributed by atoms with van der Waals surface area (Å²) in [7, 11) is 0. The van der Waals surface area contributed by atoms with Crippen molar-refractivity contribution in [1.29, 1.82) is 0 Å². The van der Waals surface area contributed by atoms with E-state index in [1.54, 1.807) is 0 Å². The van der Waals surface area contributed by atoms with Crippen molar-refractivity contribution < 1.29 is 0 Å². The van der Waals surface area contributed by atoms with Gasteiger partial charge in [-0.15, -0.1) is 0 Å². The zero-order valence-electron chi connectivity index (χ0n) is 6.36. The Morgan fingerprint density at radius 3 is 2.44 bits per heavy atom. The summed E-state index contributed by atoms with van der Waals surface area (Å²) in [4.78, 5) is 0. The lowest BCUT2D eigenvalue weighted by molar-refractivity contribution is 0.531. The highest BCUT2D eigenvalue weighted by molar-refractivity contribution is 9.10. The molecule has 0 aliphatic heterocycles. The third-order valence-electron chi connectivity index (χ3n) is 1.63. The van der Waals surface area contributed by atoms with Crippen LogP contribution in [-0.2, 0) is 0 Å². The first kappa shape index (κ1) is 9.48. The average molecular weight is 192 g/mol. The van der Waals surface area contributed by atoms with E-state index in [4.69, 9.17) is 0 Å². The Kier molecular flexibility index (Phi) is 6.95. The lowest BCUT2D eigenvalue weighted by atomic mass is 10.0. The molecule has 1 radical (unpaired) electrons. The van der Waals surface area contributed by atoms with E-state index in [0.29, 0.717) is 0 Å². The topological polar surface area (TPSA) is 0 Å². The largest absolute Gasteiger partial charge is 0.0875 e. The fourth-order valence-corrected chi connectivity index (χ4v) is 1.46. The second-order valence-electron chi connectivity index (χ2n) is 2.44. The molecule has 0 amide bonds. The molecule has 0 aromatic rings. The van der Waals surface area contributed by atoms with Crippen LogP contribution in [0, 0.1) is 11.2 Å². The van der Waals surface area contributed by atoms with Crippen LogP contribution < -0.4 is 0 Å². The van der Waals surface area contributed by atoms with Crippen LogP contribution in [0.4, 0.5) is 0 Å². The van der Waals surface area contributed by atoms with Crippen LogP contribution in [0.1, 0.15) is 39.5 Å². The van der Waals surface area contributed by atoms with Crippen LogP contribution in [-0.4, -0.2) is 0 Å². The average Bonchev–Trinajstić information content (AvgIpc) is 1.91. The number of halogens is 1. The molecule has 0 aliphatic rings. The van der Waals surface area contributed by atoms with Crippen molar-refractivity contribution >= 4 is 15.9 Å². The summed E-state index contributed by atoms with van der Waals surface area (Å²) in [5.41, 5.74) is 0. The summed E-state index contributed by atoms with van der Waals surface area (Å²) in [6, 6.07) is 0. The lowest BCUT2D eigenvalue weighted by Gasteiger charge is -2.08. The molecule has 1 heteroatoms. The molecule has 0 aromatic carbocycles. The molecule has 0 saturated carbocycles. The summed E-state index contributed by atoms with van der Waals surface area (Å²) < 4.78 is 0. The molecule has 0 bridgehead atoms. The maximum Gasteiger partial charge on any atom is 0.0301 e. The molecule has 0 heterocycles. The smallest absolute Gasteiger partial charge is 0.0301 e. The van der Waals surface area contributed by atoms with E-state index in [2.05, 4.69) is 35.1 Å². The summed E-state index contributed by atoms with van der Waals surface area (Å²) in [6.07, 6.45) is 5.29. The van der Waals surface area contributed by atoms with E-state index in [-0.39, 0.29) is 0 Å². The van der Waals surface area contributed by atoms with E-state index in [0.717, 1.165) is 5.92 Å². The Bertz CT molecular complexity index is 48.5. The van der Waals surface area contributed by atoms with Gasteiger partial charge >= 0.3 is 0 Å². The first-order valence-corrected chi connectivity index (χ1v) is 4.70. The van der Waals surface area contributed by atoms with Gasteiger partial charge in [-0.05, 0) is 12.3 Å². The van der Waals surface area contributed by atoms with Crippen LogP contribution in [0.25, 0.3) is 0 Å². The third-order valence-corrected chi connectivity index (χ3v) is 2.38. The molecule has 0 fully saturated rings. The van der Waals surface area contributed by atoms with Gasteiger partial charge in [0.15, 0.2) is 0 Å². The SMILES string of the molecule is CCCCC([CH]Br)CC. The number of unbranched alkanes of at least 4 members (excludes halogenated alkanes) is 1. The quantitative estimate of drug-likeness (QED) is 0.622. The summed E-state index contributed by atoms with van der Waals surface area (Å²) >= 11 is 3.38. The van der Waals surface area contributed by atoms with Crippen LogP contribution in [0.3, 0.4) is 0 Å². The van der Waals surface area contributed by atoms with Gasteiger partial charge in [-0.2, -0.15) is 0 Å². The summed E-state index contributed by atoms with van der Waals surface area (Å²) in [5.74, 6) is 0.796. The molecule has 0 N–H and O–H groups in total. The Morgan fingerprint density at radius 1 is 1.44 bits per heavy atom. The number of hydrogen-bond acceptors (Lipinski definition) is 0. The maximum atomic E-state index is 3.38. The second-order valence-corrected chi connectivity index (χ2v) is 2.97. The molecule has 0 spiro atoms. The van der Waals surface area contributed by atoms with Gasteiger partial charge in [0.1, 0.15) is 0 Å². The van der Waals surface area contributed by atoms with Gasteiger partial charge in [0, 0.05) is 5.33 Å². The van der Waals surface area contributed by atoms with Crippen molar-refractivity contribution in [3.63, 3.8) is 0 Å². The highest BCUT2D eigenvalue weighted by Gasteiger charge is 2.01. The predicted molar refractivity (Wildman–Crippen MR) is 46.5 cm³/mol. The normalized spacial score (nSPS) is 13.7. The molecule has 0 saturated heterocycles. The Labute approximate surface area is 67.2 Å². The minimum absolute atomic E-state index is 0.796. The summed E-state index contributed by atoms with van der Waals surface area (Å²) in [5, 5.41) is 2.14. The lowest BCUT2D eigenvalue weighted by Crippen LogP contribution is -1.94.